The van der Waals surface area contributed by atoms with E-state index in [0.29, 0.717) is 11.3 Å². The van der Waals surface area contributed by atoms with Crippen molar-refractivity contribution in [1.29, 1.82) is 0 Å². The molecule has 2 aromatic carbocycles. The van der Waals surface area contributed by atoms with E-state index in [1.807, 2.05) is 0 Å². The molecular formula is C20H18N2O5S. The number of amides is 1. The average molecular weight is 398 g/mol. The van der Waals surface area contributed by atoms with Crippen LogP contribution in [0.4, 0.5) is 5.69 Å². The van der Waals surface area contributed by atoms with Crippen LogP contribution < -0.4 is 10.0 Å². The minimum Gasteiger partial charge on any atom is -0.467 e. The van der Waals surface area contributed by atoms with Crippen molar-refractivity contribution in [2.75, 3.05) is 4.72 Å². The van der Waals surface area contributed by atoms with Gasteiger partial charge in [-0.2, -0.15) is 0 Å². The summed E-state index contributed by atoms with van der Waals surface area (Å²) < 4.78 is 32.9. The second-order valence-corrected chi connectivity index (χ2v) is 7.68. The van der Waals surface area contributed by atoms with Crippen LogP contribution in [-0.4, -0.2) is 20.1 Å². The molecule has 0 aliphatic rings. The highest BCUT2D eigenvalue weighted by Crippen LogP contribution is 2.21. The number of ketones is 1. The zero-order chi connectivity index (χ0) is 20.1. The topological polar surface area (TPSA) is 105 Å². The van der Waals surface area contributed by atoms with Crippen LogP contribution in [-0.2, 0) is 16.6 Å². The van der Waals surface area contributed by atoms with Crippen molar-refractivity contribution in [3.05, 3.63) is 83.8 Å². The first-order valence-corrected chi connectivity index (χ1v) is 9.88. The molecule has 1 aromatic heterocycles. The minimum absolute atomic E-state index is 0.0108. The van der Waals surface area contributed by atoms with Crippen LogP contribution in [0.5, 0.6) is 0 Å². The van der Waals surface area contributed by atoms with Crippen molar-refractivity contribution in [2.24, 2.45) is 0 Å². The van der Waals surface area contributed by atoms with Gasteiger partial charge >= 0.3 is 0 Å². The number of para-hydroxylation sites is 1. The molecule has 1 heterocycles. The first-order valence-electron chi connectivity index (χ1n) is 8.40. The predicted octanol–water partition coefficient (Wildman–Crippen LogP) is 3.21. The zero-order valence-electron chi connectivity index (χ0n) is 15.0. The SMILES string of the molecule is CC(=O)c1ccc(S(=O)(=O)Nc2ccccc2C(=O)NCc2ccco2)cc1. The van der Waals surface area contributed by atoms with Crippen LogP contribution in [0.25, 0.3) is 0 Å². The normalized spacial score (nSPS) is 11.0. The molecule has 3 aromatic rings. The number of nitrogens with one attached hydrogen (secondary N) is 2. The number of hydrogen-bond donors (Lipinski definition) is 2. The number of benzene rings is 2. The minimum atomic E-state index is -3.93. The van der Waals surface area contributed by atoms with Gasteiger partial charge in [0.25, 0.3) is 15.9 Å². The van der Waals surface area contributed by atoms with Crippen LogP contribution in [0.2, 0.25) is 0 Å². The molecule has 0 fully saturated rings. The summed E-state index contributed by atoms with van der Waals surface area (Å²) >= 11 is 0. The number of sulfonamides is 1. The molecule has 0 unspecified atom stereocenters. The summed E-state index contributed by atoms with van der Waals surface area (Å²) in [5.41, 5.74) is 0.740. The lowest BCUT2D eigenvalue weighted by molar-refractivity contribution is 0.0948. The third-order valence-electron chi connectivity index (χ3n) is 3.99. The fraction of sp³-hybridized carbons (Fsp3) is 0.100. The fourth-order valence-corrected chi connectivity index (χ4v) is 3.60. The fourth-order valence-electron chi connectivity index (χ4n) is 2.52. The summed E-state index contributed by atoms with van der Waals surface area (Å²) in [4.78, 5) is 23.8. The van der Waals surface area contributed by atoms with E-state index in [2.05, 4.69) is 10.0 Å². The lowest BCUT2D eigenvalue weighted by Gasteiger charge is -2.12. The Hall–Kier alpha value is -3.39. The van der Waals surface area contributed by atoms with Crippen LogP contribution in [0.1, 0.15) is 33.4 Å². The lowest BCUT2D eigenvalue weighted by Crippen LogP contribution is -2.24. The monoisotopic (exact) mass is 398 g/mol. The van der Waals surface area contributed by atoms with Gasteiger partial charge < -0.3 is 9.73 Å². The Morgan fingerprint density at radius 1 is 0.964 bits per heavy atom. The summed E-state index contributed by atoms with van der Waals surface area (Å²) in [6.45, 7) is 1.58. The Bertz CT molecular complexity index is 1090. The average Bonchev–Trinajstić information content (AvgIpc) is 3.20. The Balaban J connectivity index is 1.80. The van der Waals surface area contributed by atoms with Crippen LogP contribution >= 0.6 is 0 Å². The molecule has 3 rings (SSSR count). The maximum absolute atomic E-state index is 12.7. The van der Waals surface area contributed by atoms with Crippen molar-refractivity contribution >= 4 is 27.4 Å². The second-order valence-electron chi connectivity index (χ2n) is 5.99. The summed E-state index contributed by atoms with van der Waals surface area (Å²) in [6, 6.07) is 15.3. The van der Waals surface area contributed by atoms with Gasteiger partial charge in [0.1, 0.15) is 5.76 Å². The molecule has 28 heavy (non-hydrogen) atoms. The van der Waals surface area contributed by atoms with Crippen LogP contribution in [0.15, 0.2) is 76.2 Å². The van der Waals surface area contributed by atoms with Gasteiger partial charge in [-0.05, 0) is 43.3 Å². The Labute approximate surface area is 162 Å². The molecular weight excluding hydrogens is 380 g/mol. The number of anilines is 1. The molecule has 0 atom stereocenters. The summed E-state index contributed by atoms with van der Waals surface area (Å²) in [5.74, 6) is -0.0194. The van der Waals surface area contributed by atoms with Gasteiger partial charge in [-0.15, -0.1) is 0 Å². The third kappa shape index (κ3) is 4.47. The molecule has 2 N–H and O–H groups in total. The number of furan rings is 1. The molecule has 0 bridgehead atoms. The predicted molar refractivity (Wildman–Crippen MR) is 104 cm³/mol. The standard InChI is InChI=1S/C20H18N2O5S/c1-14(23)15-8-10-17(11-9-15)28(25,26)22-19-7-3-2-6-18(19)20(24)21-13-16-5-4-12-27-16/h2-12,22H,13H2,1H3,(H,21,24). The van der Waals surface area contributed by atoms with Crippen molar-refractivity contribution in [3.63, 3.8) is 0 Å². The van der Waals surface area contributed by atoms with E-state index in [1.54, 1.807) is 24.3 Å². The lowest BCUT2D eigenvalue weighted by atomic mass is 10.1. The van der Waals surface area contributed by atoms with Crippen molar-refractivity contribution < 1.29 is 22.4 Å². The maximum Gasteiger partial charge on any atom is 0.261 e. The highest BCUT2D eigenvalue weighted by Gasteiger charge is 2.19. The molecule has 0 saturated carbocycles. The molecule has 144 valence electrons. The molecule has 7 nitrogen and oxygen atoms in total. The number of Topliss-reactive ketones (excluding diaryl/α,β-unsaturated/α-hetero) is 1. The maximum atomic E-state index is 12.7. The number of carbonyl (C=O) groups excluding carboxylic acids is 2. The van der Waals surface area contributed by atoms with E-state index in [-0.39, 0.29) is 28.5 Å². The van der Waals surface area contributed by atoms with Gasteiger partial charge in [0.05, 0.1) is 29.0 Å². The van der Waals surface area contributed by atoms with E-state index in [4.69, 9.17) is 4.42 Å². The van der Waals surface area contributed by atoms with Crippen LogP contribution in [0, 0.1) is 0 Å². The van der Waals surface area contributed by atoms with E-state index in [9.17, 15) is 18.0 Å². The van der Waals surface area contributed by atoms with E-state index < -0.39 is 15.9 Å². The Kier molecular flexibility index (Phi) is 5.60. The molecule has 0 aliphatic carbocycles. The third-order valence-corrected chi connectivity index (χ3v) is 5.37. The molecule has 8 heteroatoms. The van der Waals surface area contributed by atoms with Gasteiger partial charge in [-0.3, -0.25) is 14.3 Å². The summed E-state index contributed by atoms with van der Waals surface area (Å²) in [5, 5.41) is 2.68. The summed E-state index contributed by atoms with van der Waals surface area (Å²) in [6.07, 6.45) is 1.50. The number of hydrogen-bond acceptors (Lipinski definition) is 5. The molecule has 1 amide bonds. The first kappa shape index (κ1) is 19.4. The second kappa shape index (κ2) is 8.10. The zero-order valence-corrected chi connectivity index (χ0v) is 15.8. The van der Waals surface area contributed by atoms with Crippen molar-refractivity contribution in [2.45, 2.75) is 18.4 Å². The van der Waals surface area contributed by atoms with E-state index in [1.165, 1.54) is 49.6 Å². The summed E-state index contributed by atoms with van der Waals surface area (Å²) in [7, 11) is -3.93. The highest BCUT2D eigenvalue weighted by molar-refractivity contribution is 7.92. The first-order chi connectivity index (χ1) is 13.4. The number of carbonyl (C=O) groups is 2. The van der Waals surface area contributed by atoms with Gasteiger partial charge in [0, 0.05) is 5.56 Å². The van der Waals surface area contributed by atoms with E-state index >= 15 is 0 Å². The van der Waals surface area contributed by atoms with Crippen molar-refractivity contribution in [1.82, 2.24) is 5.32 Å². The molecule has 0 aliphatic heterocycles. The highest BCUT2D eigenvalue weighted by atomic mass is 32.2. The molecule has 0 radical (unpaired) electrons. The largest absolute Gasteiger partial charge is 0.467 e. The van der Waals surface area contributed by atoms with Gasteiger partial charge in [0.15, 0.2) is 5.78 Å². The van der Waals surface area contributed by atoms with Gasteiger partial charge in [-0.1, -0.05) is 24.3 Å². The van der Waals surface area contributed by atoms with Crippen LogP contribution in [0.3, 0.4) is 0 Å². The van der Waals surface area contributed by atoms with E-state index in [0.717, 1.165) is 0 Å². The smallest absolute Gasteiger partial charge is 0.261 e. The van der Waals surface area contributed by atoms with Gasteiger partial charge in [0.2, 0.25) is 0 Å². The Morgan fingerprint density at radius 2 is 1.68 bits per heavy atom. The molecule has 0 saturated heterocycles. The van der Waals surface area contributed by atoms with Gasteiger partial charge in [-0.25, -0.2) is 8.42 Å². The van der Waals surface area contributed by atoms with Crippen molar-refractivity contribution in [3.8, 4) is 0 Å². The molecule has 0 spiro atoms. The Morgan fingerprint density at radius 3 is 2.32 bits per heavy atom. The quantitative estimate of drug-likeness (QED) is 0.595. The number of rotatable bonds is 7.